The van der Waals surface area contributed by atoms with Gasteiger partial charge in [0, 0.05) is 18.2 Å². The molecule has 4 rings (SSSR count). The van der Waals surface area contributed by atoms with Gasteiger partial charge in [-0.1, -0.05) is 48.3 Å². The number of urea groups is 1. The highest BCUT2D eigenvalue weighted by molar-refractivity contribution is 5.74. The Morgan fingerprint density at radius 2 is 2.04 bits per heavy atom. The summed E-state index contributed by atoms with van der Waals surface area (Å²) < 4.78 is 11.2. The monoisotopic (exact) mass is 379 g/mol. The summed E-state index contributed by atoms with van der Waals surface area (Å²) in [6.45, 7) is 2.99. The lowest BCUT2D eigenvalue weighted by molar-refractivity contribution is 0.165. The first kappa shape index (κ1) is 18.3. The van der Waals surface area contributed by atoms with Gasteiger partial charge in [-0.05, 0) is 31.9 Å². The Labute approximate surface area is 164 Å². The van der Waals surface area contributed by atoms with Crippen LogP contribution in [-0.2, 0) is 6.54 Å². The van der Waals surface area contributed by atoms with Gasteiger partial charge < -0.3 is 19.2 Å². The predicted molar refractivity (Wildman–Crippen MR) is 106 cm³/mol. The van der Waals surface area contributed by atoms with Gasteiger partial charge in [-0.2, -0.15) is 0 Å². The molecule has 3 aromatic rings. The van der Waals surface area contributed by atoms with Gasteiger partial charge in [0.1, 0.15) is 17.2 Å². The number of amides is 2. The van der Waals surface area contributed by atoms with E-state index >= 15 is 0 Å². The smallest absolute Gasteiger partial charge is 0.318 e. The van der Waals surface area contributed by atoms with Crippen LogP contribution in [0.25, 0.3) is 11.3 Å². The van der Waals surface area contributed by atoms with Crippen molar-refractivity contribution in [2.24, 2.45) is 0 Å². The number of hydrogen-bond acceptors (Lipinski definition) is 4. The summed E-state index contributed by atoms with van der Waals surface area (Å²) >= 11 is 0. The van der Waals surface area contributed by atoms with Crippen LogP contribution < -0.4 is 5.32 Å². The summed E-state index contributed by atoms with van der Waals surface area (Å²) in [5, 5.41) is 7.07. The maximum Gasteiger partial charge on any atom is 0.318 e. The van der Waals surface area contributed by atoms with Crippen LogP contribution in [0.2, 0.25) is 0 Å². The van der Waals surface area contributed by atoms with Crippen LogP contribution in [0.3, 0.4) is 0 Å². The Kier molecular flexibility index (Phi) is 5.46. The Bertz CT molecular complexity index is 916. The standard InChI is InChI=1S/C22H25N3O3/c1-16-11-12-20(27-16)19-10-6-3-7-13-25(19)22(26)23-15-18-14-21(28-24-18)17-8-4-2-5-9-17/h2,4-5,8-9,11-12,14,19H,3,6-7,10,13,15H2,1H3,(H,23,26)/t19-/m0/s1. The van der Waals surface area contributed by atoms with Crippen molar-refractivity contribution < 1.29 is 13.7 Å². The average Bonchev–Trinajstić information content (AvgIpc) is 3.29. The molecule has 1 N–H and O–H groups in total. The number of furan rings is 1. The molecule has 0 radical (unpaired) electrons. The molecule has 1 aliphatic heterocycles. The minimum absolute atomic E-state index is 0.0200. The fourth-order valence-corrected chi connectivity index (χ4v) is 3.68. The molecule has 0 bridgehead atoms. The molecule has 3 heterocycles. The molecule has 0 aliphatic carbocycles. The Morgan fingerprint density at radius 1 is 1.18 bits per heavy atom. The lowest BCUT2D eigenvalue weighted by Crippen LogP contribution is -2.41. The first-order valence-corrected chi connectivity index (χ1v) is 9.82. The zero-order chi connectivity index (χ0) is 19.3. The van der Waals surface area contributed by atoms with Crippen molar-refractivity contribution in [1.82, 2.24) is 15.4 Å². The van der Waals surface area contributed by atoms with E-state index in [4.69, 9.17) is 8.94 Å². The number of benzene rings is 1. The number of likely N-dealkylation sites (tertiary alicyclic amines) is 1. The van der Waals surface area contributed by atoms with Gasteiger partial charge in [-0.15, -0.1) is 0 Å². The molecule has 28 heavy (non-hydrogen) atoms. The molecule has 0 spiro atoms. The number of carbonyl (C=O) groups excluding carboxylic acids is 1. The third-order valence-corrected chi connectivity index (χ3v) is 5.14. The van der Waals surface area contributed by atoms with Crippen molar-refractivity contribution in [3.05, 3.63) is 65.7 Å². The number of carbonyl (C=O) groups is 1. The van der Waals surface area contributed by atoms with Crippen LogP contribution in [0, 0.1) is 6.92 Å². The van der Waals surface area contributed by atoms with E-state index in [2.05, 4.69) is 10.5 Å². The summed E-state index contributed by atoms with van der Waals surface area (Å²) in [7, 11) is 0. The van der Waals surface area contributed by atoms with E-state index in [1.54, 1.807) is 0 Å². The van der Waals surface area contributed by atoms with E-state index in [1.807, 2.05) is 60.4 Å². The van der Waals surface area contributed by atoms with E-state index in [9.17, 15) is 4.79 Å². The summed E-state index contributed by atoms with van der Waals surface area (Å²) in [4.78, 5) is 14.8. The van der Waals surface area contributed by atoms with Gasteiger partial charge in [0.15, 0.2) is 5.76 Å². The molecule has 1 aliphatic rings. The average molecular weight is 379 g/mol. The lowest BCUT2D eigenvalue weighted by atomic mass is 10.1. The molecule has 1 aromatic carbocycles. The van der Waals surface area contributed by atoms with Gasteiger partial charge in [0.25, 0.3) is 0 Å². The minimum atomic E-state index is -0.0924. The number of aryl methyl sites for hydroxylation is 1. The van der Waals surface area contributed by atoms with Gasteiger partial charge in [0.05, 0.1) is 12.6 Å². The van der Waals surface area contributed by atoms with Crippen molar-refractivity contribution in [2.75, 3.05) is 6.54 Å². The zero-order valence-electron chi connectivity index (χ0n) is 16.1. The molecule has 1 saturated heterocycles. The first-order valence-electron chi connectivity index (χ1n) is 9.82. The fraction of sp³-hybridized carbons (Fsp3) is 0.364. The minimum Gasteiger partial charge on any atom is -0.464 e. The van der Waals surface area contributed by atoms with Crippen LogP contribution in [0.1, 0.15) is 48.9 Å². The first-order chi connectivity index (χ1) is 13.7. The molecule has 0 unspecified atom stereocenters. The van der Waals surface area contributed by atoms with Gasteiger partial charge >= 0.3 is 6.03 Å². The van der Waals surface area contributed by atoms with Crippen LogP contribution in [-0.4, -0.2) is 22.6 Å². The largest absolute Gasteiger partial charge is 0.464 e. The van der Waals surface area contributed by atoms with Crippen molar-refractivity contribution >= 4 is 6.03 Å². The van der Waals surface area contributed by atoms with E-state index < -0.39 is 0 Å². The van der Waals surface area contributed by atoms with Crippen LogP contribution >= 0.6 is 0 Å². The van der Waals surface area contributed by atoms with Gasteiger partial charge in [0.2, 0.25) is 0 Å². The summed E-state index contributed by atoms with van der Waals surface area (Å²) in [5.41, 5.74) is 1.67. The maximum absolute atomic E-state index is 12.9. The fourth-order valence-electron chi connectivity index (χ4n) is 3.68. The normalized spacial score (nSPS) is 17.3. The molecule has 146 valence electrons. The summed E-state index contributed by atoms with van der Waals surface area (Å²) in [5.74, 6) is 2.43. The van der Waals surface area contributed by atoms with Crippen molar-refractivity contribution in [1.29, 1.82) is 0 Å². The molecule has 2 aromatic heterocycles. The van der Waals surface area contributed by atoms with Crippen LogP contribution in [0.4, 0.5) is 4.79 Å². The Balaban J connectivity index is 1.42. The van der Waals surface area contributed by atoms with Crippen molar-refractivity contribution in [3.63, 3.8) is 0 Å². The highest BCUT2D eigenvalue weighted by Crippen LogP contribution is 2.31. The van der Waals surface area contributed by atoms with E-state index in [0.29, 0.717) is 18.0 Å². The van der Waals surface area contributed by atoms with Crippen molar-refractivity contribution in [3.8, 4) is 11.3 Å². The molecule has 1 fully saturated rings. The molecule has 2 amide bonds. The van der Waals surface area contributed by atoms with Crippen LogP contribution in [0.15, 0.2) is 57.5 Å². The van der Waals surface area contributed by atoms with E-state index in [0.717, 1.165) is 49.3 Å². The lowest BCUT2D eigenvalue weighted by Gasteiger charge is -2.28. The molecular weight excluding hydrogens is 354 g/mol. The van der Waals surface area contributed by atoms with E-state index in [-0.39, 0.29) is 12.1 Å². The van der Waals surface area contributed by atoms with Crippen LogP contribution in [0.5, 0.6) is 0 Å². The second-order valence-corrected chi connectivity index (χ2v) is 7.21. The quantitative estimate of drug-likeness (QED) is 0.687. The van der Waals surface area contributed by atoms with Crippen molar-refractivity contribution in [2.45, 2.75) is 45.2 Å². The number of aromatic nitrogens is 1. The molecular formula is C22H25N3O3. The van der Waals surface area contributed by atoms with E-state index in [1.165, 1.54) is 0 Å². The zero-order valence-corrected chi connectivity index (χ0v) is 16.1. The third kappa shape index (κ3) is 4.11. The topological polar surface area (TPSA) is 71.5 Å². The molecule has 0 saturated carbocycles. The van der Waals surface area contributed by atoms with Gasteiger partial charge in [-0.25, -0.2) is 4.79 Å². The Hall–Kier alpha value is -3.02. The number of nitrogens with one attached hydrogen (secondary N) is 1. The number of nitrogens with zero attached hydrogens (tertiary/aromatic N) is 2. The molecule has 6 heteroatoms. The van der Waals surface area contributed by atoms with Gasteiger partial charge in [-0.3, -0.25) is 0 Å². The maximum atomic E-state index is 12.9. The molecule has 6 nitrogen and oxygen atoms in total. The second-order valence-electron chi connectivity index (χ2n) is 7.21. The second kappa shape index (κ2) is 8.33. The predicted octanol–water partition coefficient (Wildman–Crippen LogP) is 5.07. The molecule has 1 atom stereocenters. The summed E-state index contributed by atoms with van der Waals surface area (Å²) in [6, 6.07) is 15.5. The Morgan fingerprint density at radius 3 is 2.82 bits per heavy atom. The third-order valence-electron chi connectivity index (χ3n) is 5.14. The summed E-state index contributed by atoms with van der Waals surface area (Å²) in [6.07, 6.45) is 4.15. The highest BCUT2D eigenvalue weighted by Gasteiger charge is 2.29. The SMILES string of the molecule is Cc1ccc([C@@H]2CCCCCN2C(=O)NCc2cc(-c3ccccc3)on2)o1. The highest BCUT2D eigenvalue weighted by atomic mass is 16.5. The number of hydrogen-bond donors (Lipinski definition) is 1. The number of rotatable bonds is 4.